The Morgan fingerprint density at radius 1 is 1.25 bits per heavy atom. The molecule has 0 radical (unpaired) electrons. The number of thiocarbonyl (C=S) groups is 1. The minimum absolute atomic E-state index is 0.153. The third kappa shape index (κ3) is 2.28. The molecular weight excluding hydrogens is 316 g/mol. The van der Waals surface area contributed by atoms with Crippen LogP contribution >= 0.6 is 35.5 Å². The second-order valence-corrected chi connectivity index (χ2v) is 5.17. The molecule has 0 saturated heterocycles. The quantitative estimate of drug-likeness (QED) is 0.716. The average molecular weight is 323 g/mol. The Balaban J connectivity index is 2.12. The molecule has 0 amide bonds. The van der Waals surface area contributed by atoms with Gasteiger partial charge in [0.1, 0.15) is 21.7 Å². The summed E-state index contributed by atoms with van der Waals surface area (Å²) in [7, 11) is 0. The molecule has 9 heteroatoms. The Bertz CT molecular complexity index is 802. The first-order chi connectivity index (χ1) is 9.66. The maximum atomic E-state index is 6.20. The third-order valence-electron chi connectivity index (χ3n) is 2.55. The van der Waals surface area contributed by atoms with Crippen LogP contribution < -0.4 is 11.1 Å². The molecule has 0 fully saturated rings. The highest BCUT2D eigenvalue weighted by atomic mass is 35.5. The second kappa shape index (κ2) is 5.23. The predicted molar refractivity (Wildman–Crippen MR) is 83.6 cm³/mol. The van der Waals surface area contributed by atoms with Crippen LogP contribution in [0.25, 0.3) is 11.0 Å². The summed E-state index contributed by atoms with van der Waals surface area (Å²) in [5.41, 5.74) is 8.06. The second-order valence-electron chi connectivity index (χ2n) is 3.80. The lowest BCUT2D eigenvalue weighted by Gasteiger charge is -2.10. The number of fused-ring (bicyclic) bond motifs is 1. The minimum Gasteiger partial charge on any atom is -0.388 e. The monoisotopic (exact) mass is 322 g/mol. The number of aromatic nitrogens is 4. The fraction of sp³-hybridized carbons (Fsp3) is 0. The van der Waals surface area contributed by atoms with Crippen molar-refractivity contribution in [2.24, 2.45) is 5.73 Å². The van der Waals surface area contributed by atoms with Gasteiger partial charge in [-0.05, 0) is 12.1 Å². The van der Waals surface area contributed by atoms with Gasteiger partial charge in [0.25, 0.3) is 0 Å². The SMILES string of the molecule is NC(=S)c1nccnc1Nc1c(Cl)ccc2nsnc12. The Hall–Kier alpha value is -1.90. The van der Waals surface area contributed by atoms with E-state index in [1.807, 2.05) is 0 Å². The van der Waals surface area contributed by atoms with E-state index in [1.165, 1.54) is 12.4 Å². The number of anilines is 2. The average Bonchev–Trinajstić information content (AvgIpc) is 2.91. The van der Waals surface area contributed by atoms with Gasteiger partial charge in [-0.15, -0.1) is 0 Å². The van der Waals surface area contributed by atoms with E-state index in [2.05, 4.69) is 24.0 Å². The summed E-state index contributed by atoms with van der Waals surface area (Å²) in [6, 6.07) is 3.54. The summed E-state index contributed by atoms with van der Waals surface area (Å²) in [6.07, 6.45) is 3.06. The van der Waals surface area contributed by atoms with Crippen molar-refractivity contribution in [3.8, 4) is 0 Å². The van der Waals surface area contributed by atoms with Crippen LogP contribution in [0.15, 0.2) is 24.5 Å². The molecular formula is C11H7ClN6S2. The summed E-state index contributed by atoms with van der Waals surface area (Å²) in [5, 5.41) is 3.59. The van der Waals surface area contributed by atoms with Gasteiger partial charge in [-0.25, -0.2) is 9.97 Å². The Morgan fingerprint density at radius 3 is 2.85 bits per heavy atom. The lowest BCUT2D eigenvalue weighted by atomic mass is 10.2. The number of nitrogens with zero attached hydrogens (tertiary/aromatic N) is 4. The van der Waals surface area contributed by atoms with Gasteiger partial charge >= 0.3 is 0 Å². The molecule has 3 N–H and O–H groups in total. The zero-order chi connectivity index (χ0) is 14.1. The van der Waals surface area contributed by atoms with Crippen molar-refractivity contribution >= 4 is 63.1 Å². The summed E-state index contributed by atoms with van der Waals surface area (Å²) in [6.45, 7) is 0. The zero-order valence-corrected chi connectivity index (χ0v) is 12.3. The number of halogens is 1. The lowest BCUT2D eigenvalue weighted by Crippen LogP contribution is -2.15. The van der Waals surface area contributed by atoms with Gasteiger partial charge in [0.15, 0.2) is 5.82 Å². The van der Waals surface area contributed by atoms with Crippen molar-refractivity contribution < 1.29 is 0 Å². The van der Waals surface area contributed by atoms with Gasteiger partial charge < -0.3 is 11.1 Å². The van der Waals surface area contributed by atoms with Gasteiger partial charge in [0, 0.05) is 12.4 Å². The van der Waals surface area contributed by atoms with E-state index in [1.54, 1.807) is 12.1 Å². The highest BCUT2D eigenvalue weighted by Gasteiger charge is 2.14. The van der Waals surface area contributed by atoms with E-state index >= 15 is 0 Å². The van der Waals surface area contributed by atoms with Crippen molar-refractivity contribution in [1.29, 1.82) is 0 Å². The molecule has 0 spiro atoms. The molecule has 2 heterocycles. The first kappa shape index (κ1) is 13.1. The molecule has 0 atom stereocenters. The van der Waals surface area contributed by atoms with Gasteiger partial charge in [0.2, 0.25) is 0 Å². The third-order valence-corrected chi connectivity index (χ3v) is 3.60. The van der Waals surface area contributed by atoms with Gasteiger partial charge in [-0.3, -0.25) is 0 Å². The maximum Gasteiger partial charge on any atom is 0.159 e. The number of benzene rings is 1. The minimum atomic E-state index is 0.153. The first-order valence-corrected chi connectivity index (χ1v) is 6.97. The molecule has 2 aromatic heterocycles. The van der Waals surface area contributed by atoms with Crippen molar-refractivity contribution in [3.05, 3.63) is 35.2 Å². The smallest absolute Gasteiger partial charge is 0.159 e. The van der Waals surface area contributed by atoms with E-state index in [0.717, 1.165) is 17.2 Å². The van der Waals surface area contributed by atoms with E-state index in [0.29, 0.717) is 27.7 Å². The van der Waals surface area contributed by atoms with Crippen molar-refractivity contribution in [1.82, 2.24) is 18.7 Å². The van der Waals surface area contributed by atoms with Crippen LogP contribution in [0.2, 0.25) is 5.02 Å². The van der Waals surface area contributed by atoms with Crippen molar-refractivity contribution in [2.45, 2.75) is 0 Å². The summed E-state index contributed by atoms with van der Waals surface area (Å²) in [4.78, 5) is 8.44. The summed E-state index contributed by atoms with van der Waals surface area (Å²) in [5.74, 6) is 0.433. The van der Waals surface area contributed by atoms with Crippen molar-refractivity contribution in [3.63, 3.8) is 0 Å². The fourth-order valence-corrected chi connectivity index (χ4v) is 2.57. The first-order valence-electron chi connectivity index (χ1n) is 5.45. The molecule has 1 aromatic carbocycles. The molecule has 0 aliphatic carbocycles. The number of hydrogen-bond acceptors (Lipinski definition) is 7. The number of rotatable bonds is 3. The Labute approximate surface area is 128 Å². The van der Waals surface area contributed by atoms with Crippen LogP contribution in [0.5, 0.6) is 0 Å². The molecule has 20 heavy (non-hydrogen) atoms. The molecule has 3 rings (SSSR count). The normalized spacial score (nSPS) is 10.7. The Morgan fingerprint density at radius 2 is 2.05 bits per heavy atom. The highest BCUT2D eigenvalue weighted by molar-refractivity contribution is 7.80. The van der Waals surface area contributed by atoms with Crippen LogP contribution in [0, 0.1) is 0 Å². The summed E-state index contributed by atoms with van der Waals surface area (Å²) < 4.78 is 8.39. The maximum absolute atomic E-state index is 6.20. The van der Waals surface area contributed by atoms with Crippen LogP contribution in [-0.4, -0.2) is 23.7 Å². The van der Waals surface area contributed by atoms with Crippen LogP contribution in [-0.2, 0) is 0 Å². The zero-order valence-electron chi connectivity index (χ0n) is 9.87. The van der Waals surface area contributed by atoms with Crippen LogP contribution in [0.3, 0.4) is 0 Å². The molecule has 100 valence electrons. The van der Waals surface area contributed by atoms with Crippen LogP contribution in [0.4, 0.5) is 11.5 Å². The molecule has 0 saturated carbocycles. The standard InChI is InChI=1S/C11H7ClN6S2/c12-5-1-2-6-8(18-20-17-6)7(5)16-11-9(10(13)19)14-3-4-15-11/h1-4H,(H2,13,19)(H,15,16). The number of nitrogens with one attached hydrogen (secondary N) is 1. The van der Waals surface area contributed by atoms with Gasteiger partial charge in [0.05, 0.1) is 22.4 Å². The van der Waals surface area contributed by atoms with E-state index < -0.39 is 0 Å². The summed E-state index contributed by atoms with van der Waals surface area (Å²) >= 11 is 12.3. The number of nitrogens with two attached hydrogens (primary N) is 1. The molecule has 6 nitrogen and oxygen atoms in total. The van der Waals surface area contributed by atoms with E-state index in [4.69, 9.17) is 29.6 Å². The topological polar surface area (TPSA) is 89.6 Å². The van der Waals surface area contributed by atoms with Crippen LogP contribution in [0.1, 0.15) is 5.69 Å². The van der Waals surface area contributed by atoms with Gasteiger partial charge in [-0.1, -0.05) is 23.8 Å². The predicted octanol–water partition coefficient (Wildman–Crippen LogP) is 2.51. The fourth-order valence-electron chi connectivity index (χ4n) is 1.67. The molecule has 0 bridgehead atoms. The lowest BCUT2D eigenvalue weighted by molar-refractivity contribution is 1.18. The molecule has 0 aliphatic heterocycles. The van der Waals surface area contributed by atoms with E-state index in [9.17, 15) is 0 Å². The molecule has 0 unspecified atom stereocenters. The molecule has 0 aliphatic rings. The Kier molecular flexibility index (Phi) is 3.43. The number of hydrogen-bond donors (Lipinski definition) is 2. The van der Waals surface area contributed by atoms with Crippen molar-refractivity contribution in [2.75, 3.05) is 5.32 Å². The highest BCUT2D eigenvalue weighted by Crippen LogP contribution is 2.32. The van der Waals surface area contributed by atoms with Gasteiger partial charge in [-0.2, -0.15) is 8.75 Å². The van der Waals surface area contributed by atoms with E-state index in [-0.39, 0.29) is 4.99 Å². The largest absolute Gasteiger partial charge is 0.388 e. The molecule has 3 aromatic rings.